The minimum atomic E-state index is -0.798. The predicted octanol–water partition coefficient (Wildman–Crippen LogP) is 18.4. The van der Waals surface area contributed by atoms with E-state index < -0.39 is 6.10 Å². The van der Waals surface area contributed by atoms with Crippen LogP contribution in [0.15, 0.2) is 158 Å². The van der Waals surface area contributed by atoms with Gasteiger partial charge in [-0.25, -0.2) is 0 Å². The first kappa shape index (κ1) is 63.5. The molecule has 0 radical (unpaired) electrons. The Labute approximate surface area is 418 Å². The molecule has 1 atom stereocenters. The van der Waals surface area contributed by atoms with Gasteiger partial charge in [0.1, 0.15) is 6.61 Å². The molecule has 1 unspecified atom stereocenters. The molecule has 5 nitrogen and oxygen atoms in total. The molecule has 68 heavy (non-hydrogen) atoms. The van der Waals surface area contributed by atoms with Gasteiger partial charge in [-0.2, -0.15) is 0 Å². The van der Waals surface area contributed by atoms with Gasteiger partial charge in [0.15, 0.2) is 6.10 Å². The highest BCUT2D eigenvalue weighted by Gasteiger charge is 2.16. The zero-order valence-corrected chi connectivity index (χ0v) is 43.3. The number of esters is 2. The average Bonchev–Trinajstić information content (AvgIpc) is 3.34. The first-order valence-corrected chi connectivity index (χ1v) is 27.0. The van der Waals surface area contributed by atoms with Crippen LogP contribution in [0.4, 0.5) is 0 Å². The largest absolute Gasteiger partial charge is 0.462 e. The molecule has 0 rings (SSSR count). The fraction of sp³-hybridized carbons (Fsp3) is 0.556. The third kappa shape index (κ3) is 54.1. The van der Waals surface area contributed by atoms with Gasteiger partial charge in [-0.05, 0) is 122 Å². The standard InChI is InChI=1S/C63H98O5/c1-3-5-7-9-11-13-15-17-19-21-22-23-24-25-26-27-28-29-30-31-32-33-34-35-36-37-38-39-40-42-44-46-48-50-52-54-56-58-63(66)68-61(59-64)60-67-62(65)57-55-53-51-49-47-45-43-41-20-18-16-14-12-10-8-6-4-2/h5-8,11-14,17-20,22-23,25-26,28-29,31-32,34-35,37-38,43,45,61,64H,3-4,9-10,15-16,21,24,27,30,33,36,39-42,44,46-60H2,1-2H3/b7-5-,8-6-,13-11-,14-12-,19-17-,20-18-,23-22-,26-25-,29-28-,32-31-,35-34-,38-37-,45-43-. The summed E-state index contributed by atoms with van der Waals surface area (Å²) in [5.74, 6) is -0.638. The number of allylic oxidation sites excluding steroid dienone is 26. The third-order valence-electron chi connectivity index (χ3n) is 10.8. The van der Waals surface area contributed by atoms with Crippen LogP contribution in [0.5, 0.6) is 0 Å². The van der Waals surface area contributed by atoms with Gasteiger partial charge < -0.3 is 14.6 Å². The van der Waals surface area contributed by atoms with E-state index in [0.717, 1.165) is 141 Å². The van der Waals surface area contributed by atoms with Gasteiger partial charge >= 0.3 is 11.9 Å². The Bertz CT molecular complexity index is 1520. The van der Waals surface area contributed by atoms with Gasteiger partial charge in [-0.15, -0.1) is 0 Å². The molecule has 0 spiro atoms. The number of hydrogen-bond acceptors (Lipinski definition) is 5. The van der Waals surface area contributed by atoms with Crippen molar-refractivity contribution in [2.24, 2.45) is 0 Å². The van der Waals surface area contributed by atoms with E-state index in [2.05, 4.69) is 172 Å². The summed E-state index contributed by atoms with van der Waals surface area (Å²) in [5.41, 5.74) is 0. The third-order valence-corrected chi connectivity index (χ3v) is 10.8. The van der Waals surface area contributed by atoms with E-state index in [9.17, 15) is 14.7 Å². The van der Waals surface area contributed by atoms with Gasteiger partial charge in [0.05, 0.1) is 6.61 Å². The number of hydrogen-bond donors (Lipinski definition) is 1. The van der Waals surface area contributed by atoms with Gasteiger partial charge in [-0.1, -0.05) is 230 Å². The monoisotopic (exact) mass is 935 g/mol. The number of ether oxygens (including phenoxy) is 2. The second kappa shape index (κ2) is 56.8. The summed E-state index contributed by atoms with van der Waals surface area (Å²) in [6.07, 6.45) is 87.7. The summed E-state index contributed by atoms with van der Waals surface area (Å²) in [5, 5.41) is 9.63. The number of unbranched alkanes of at least 4 members (excludes halogenated alkanes) is 13. The summed E-state index contributed by atoms with van der Waals surface area (Å²) in [6.45, 7) is 3.87. The molecule has 0 amide bonds. The van der Waals surface area contributed by atoms with Crippen LogP contribution in [-0.4, -0.2) is 36.4 Å². The van der Waals surface area contributed by atoms with Crippen molar-refractivity contribution < 1.29 is 24.2 Å². The first-order chi connectivity index (χ1) is 33.6. The Balaban J connectivity index is 3.63. The van der Waals surface area contributed by atoms with Crippen molar-refractivity contribution in [2.45, 2.75) is 213 Å². The number of carbonyl (C=O) groups is 2. The lowest BCUT2D eigenvalue weighted by Crippen LogP contribution is -2.28. The van der Waals surface area contributed by atoms with Crippen molar-refractivity contribution in [3.63, 3.8) is 0 Å². The molecular weight excluding hydrogens is 837 g/mol. The summed E-state index contributed by atoms with van der Waals surface area (Å²) in [6, 6.07) is 0. The topological polar surface area (TPSA) is 72.8 Å². The molecule has 0 heterocycles. The van der Waals surface area contributed by atoms with Crippen molar-refractivity contribution in [3.8, 4) is 0 Å². The van der Waals surface area contributed by atoms with E-state index in [1.165, 1.54) is 38.5 Å². The molecule has 0 aliphatic carbocycles. The van der Waals surface area contributed by atoms with Crippen molar-refractivity contribution in [2.75, 3.05) is 13.2 Å². The highest BCUT2D eigenvalue weighted by atomic mass is 16.6. The highest BCUT2D eigenvalue weighted by Crippen LogP contribution is 2.13. The summed E-state index contributed by atoms with van der Waals surface area (Å²) in [7, 11) is 0. The molecule has 0 aliphatic rings. The number of aliphatic hydroxyl groups is 1. The lowest BCUT2D eigenvalue weighted by molar-refractivity contribution is -0.161. The summed E-state index contributed by atoms with van der Waals surface area (Å²) >= 11 is 0. The zero-order valence-electron chi connectivity index (χ0n) is 43.3. The van der Waals surface area contributed by atoms with E-state index in [1.54, 1.807) is 0 Å². The first-order valence-electron chi connectivity index (χ1n) is 27.0. The zero-order chi connectivity index (χ0) is 49.2. The van der Waals surface area contributed by atoms with Crippen LogP contribution in [0.1, 0.15) is 206 Å². The van der Waals surface area contributed by atoms with Gasteiger partial charge in [-0.3, -0.25) is 9.59 Å². The molecule has 0 fully saturated rings. The van der Waals surface area contributed by atoms with Crippen LogP contribution in [-0.2, 0) is 19.1 Å². The van der Waals surface area contributed by atoms with Crippen molar-refractivity contribution in [3.05, 3.63) is 158 Å². The SMILES string of the molecule is CC/C=C\C/C=C\C/C=C\C/C=C\C/C=C\C/C=C\C/C=C\C/C=C\C/C=C\CCCCCCCCCCCC(=O)OC(CO)COC(=O)CCCCCC/C=C\C/C=C\C/C=C\C/C=C\CC. The van der Waals surface area contributed by atoms with Gasteiger partial charge in [0.25, 0.3) is 0 Å². The van der Waals surface area contributed by atoms with E-state index in [1.807, 2.05) is 0 Å². The molecular formula is C63H98O5. The lowest BCUT2D eigenvalue weighted by Gasteiger charge is -2.15. The molecule has 1 N–H and O–H groups in total. The molecule has 0 saturated carbocycles. The molecule has 0 aliphatic heterocycles. The predicted molar refractivity (Wildman–Crippen MR) is 297 cm³/mol. The fourth-order valence-electron chi connectivity index (χ4n) is 6.83. The van der Waals surface area contributed by atoms with Gasteiger partial charge in [0, 0.05) is 12.8 Å². The molecule has 0 aromatic heterocycles. The maximum atomic E-state index is 12.3. The van der Waals surface area contributed by atoms with Crippen LogP contribution in [0.2, 0.25) is 0 Å². The van der Waals surface area contributed by atoms with E-state index >= 15 is 0 Å². The Morgan fingerprint density at radius 2 is 0.588 bits per heavy atom. The Morgan fingerprint density at radius 3 is 0.882 bits per heavy atom. The summed E-state index contributed by atoms with van der Waals surface area (Å²) in [4.78, 5) is 24.4. The minimum Gasteiger partial charge on any atom is -0.462 e. The maximum absolute atomic E-state index is 12.3. The molecule has 0 bridgehead atoms. The molecule has 0 saturated heterocycles. The average molecular weight is 935 g/mol. The molecule has 5 heteroatoms. The number of carbonyl (C=O) groups excluding carboxylic acids is 2. The second-order valence-electron chi connectivity index (χ2n) is 17.2. The smallest absolute Gasteiger partial charge is 0.306 e. The molecule has 0 aromatic carbocycles. The van der Waals surface area contributed by atoms with Crippen LogP contribution >= 0.6 is 0 Å². The molecule has 380 valence electrons. The van der Waals surface area contributed by atoms with E-state index in [4.69, 9.17) is 9.47 Å². The normalized spacial score (nSPS) is 13.5. The number of aliphatic hydroxyl groups excluding tert-OH is 1. The Morgan fingerprint density at radius 1 is 0.338 bits per heavy atom. The minimum absolute atomic E-state index is 0.0910. The van der Waals surface area contributed by atoms with E-state index in [0.29, 0.717) is 12.8 Å². The highest BCUT2D eigenvalue weighted by molar-refractivity contribution is 5.70. The van der Waals surface area contributed by atoms with Crippen molar-refractivity contribution in [1.82, 2.24) is 0 Å². The van der Waals surface area contributed by atoms with E-state index in [-0.39, 0.29) is 25.2 Å². The van der Waals surface area contributed by atoms with Gasteiger partial charge in [0.2, 0.25) is 0 Å². The van der Waals surface area contributed by atoms with Crippen LogP contribution < -0.4 is 0 Å². The second-order valence-corrected chi connectivity index (χ2v) is 17.2. The maximum Gasteiger partial charge on any atom is 0.306 e. The quantitative estimate of drug-likeness (QED) is 0.0374. The van der Waals surface area contributed by atoms with Crippen LogP contribution in [0.3, 0.4) is 0 Å². The van der Waals surface area contributed by atoms with Crippen LogP contribution in [0, 0.1) is 0 Å². The fourth-order valence-corrected chi connectivity index (χ4v) is 6.83. The van der Waals surface area contributed by atoms with Crippen molar-refractivity contribution >= 4 is 11.9 Å². The van der Waals surface area contributed by atoms with Crippen molar-refractivity contribution in [1.29, 1.82) is 0 Å². The Hall–Kier alpha value is -4.48. The number of rotatable bonds is 47. The van der Waals surface area contributed by atoms with Crippen LogP contribution in [0.25, 0.3) is 0 Å². The lowest BCUT2D eigenvalue weighted by atomic mass is 10.1. The Kier molecular flexibility index (Phi) is 53.1. The summed E-state index contributed by atoms with van der Waals surface area (Å²) < 4.78 is 10.7. The molecule has 0 aromatic rings.